The summed E-state index contributed by atoms with van der Waals surface area (Å²) in [5, 5.41) is 19.6. The molecule has 0 aliphatic heterocycles. The smallest absolute Gasteiger partial charge is 0.338 e. The summed E-state index contributed by atoms with van der Waals surface area (Å²) in [6, 6.07) is 1.12. The summed E-state index contributed by atoms with van der Waals surface area (Å²) < 4.78 is 14.7. The summed E-state index contributed by atoms with van der Waals surface area (Å²) in [5.41, 5.74) is -1.68. The zero-order valence-corrected chi connectivity index (χ0v) is 13.1. The van der Waals surface area contributed by atoms with Crippen molar-refractivity contribution in [1.82, 2.24) is 0 Å². The Kier molecular flexibility index (Phi) is 4.59. The van der Waals surface area contributed by atoms with E-state index in [1.165, 1.54) is 14.0 Å². The molecular weight excluding hydrogens is 320 g/mol. The highest BCUT2D eigenvalue weighted by Crippen LogP contribution is 2.36. The number of allylic oxidation sites excluding steroid dienone is 1. The molecule has 0 aliphatic carbocycles. The van der Waals surface area contributed by atoms with Gasteiger partial charge in [0.15, 0.2) is 17.1 Å². The van der Waals surface area contributed by atoms with Gasteiger partial charge in [0.25, 0.3) is 0 Å². The van der Waals surface area contributed by atoms with Crippen molar-refractivity contribution in [2.24, 2.45) is 0 Å². The van der Waals surface area contributed by atoms with E-state index in [-0.39, 0.29) is 27.8 Å². The molecule has 0 spiro atoms. The van der Waals surface area contributed by atoms with Gasteiger partial charge in [0.2, 0.25) is 11.2 Å². The van der Waals surface area contributed by atoms with Crippen LogP contribution in [0.25, 0.3) is 16.7 Å². The Bertz CT molecular complexity index is 920. The number of esters is 1. The fourth-order valence-electron chi connectivity index (χ4n) is 2.14. The molecule has 8 nitrogen and oxygen atoms in total. The van der Waals surface area contributed by atoms with Crippen molar-refractivity contribution in [2.75, 3.05) is 14.2 Å². The van der Waals surface area contributed by atoms with Crippen LogP contribution in [0.15, 0.2) is 27.6 Å². The first-order valence-corrected chi connectivity index (χ1v) is 6.67. The maximum Gasteiger partial charge on any atom is 0.338 e. The Balaban J connectivity index is 2.94. The molecule has 2 N–H and O–H groups in total. The molecule has 0 fully saturated rings. The molecule has 1 aromatic heterocycles. The Morgan fingerprint density at radius 3 is 2.46 bits per heavy atom. The number of phenols is 1. The zero-order valence-electron chi connectivity index (χ0n) is 13.1. The lowest BCUT2D eigenvalue weighted by Gasteiger charge is -2.10. The second-order valence-electron chi connectivity index (χ2n) is 4.79. The standard InChI is InChI=1S/C16H14O8/c1-7(17)4-10(18)9-6-24-15-12(13(9)19)8(16(21)23-3)5-11(22-2)14(15)20/h4-6,18,20H,1-3H3/b10-4-. The highest BCUT2D eigenvalue weighted by Gasteiger charge is 2.24. The van der Waals surface area contributed by atoms with Gasteiger partial charge < -0.3 is 24.1 Å². The van der Waals surface area contributed by atoms with Gasteiger partial charge >= 0.3 is 5.97 Å². The summed E-state index contributed by atoms with van der Waals surface area (Å²) in [4.78, 5) is 35.6. The van der Waals surface area contributed by atoms with Gasteiger partial charge in [-0.1, -0.05) is 0 Å². The summed E-state index contributed by atoms with van der Waals surface area (Å²) >= 11 is 0. The largest absolute Gasteiger partial charge is 0.507 e. The molecule has 0 radical (unpaired) electrons. The molecule has 1 heterocycles. The van der Waals surface area contributed by atoms with E-state index in [4.69, 9.17) is 9.15 Å². The van der Waals surface area contributed by atoms with E-state index in [0.717, 1.165) is 25.5 Å². The molecule has 0 bridgehead atoms. The first-order valence-electron chi connectivity index (χ1n) is 6.67. The average Bonchev–Trinajstić information content (AvgIpc) is 2.54. The number of carbonyl (C=O) groups excluding carboxylic acids is 2. The van der Waals surface area contributed by atoms with Crippen molar-refractivity contribution < 1.29 is 33.7 Å². The van der Waals surface area contributed by atoms with Crippen molar-refractivity contribution in [2.45, 2.75) is 6.92 Å². The number of phenolic OH excluding ortho intramolecular Hbond substituents is 1. The lowest BCUT2D eigenvalue weighted by molar-refractivity contribution is -0.112. The minimum absolute atomic E-state index is 0.0951. The minimum Gasteiger partial charge on any atom is -0.507 e. The summed E-state index contributed by atoms with van der Waals surface area (Å²) in [7, 11) is 2.38. The monoisotopic (exact) mass is 334 g/mol. The molecule has 1 aromatic carbocycles. The van der Waals surface area contributed by atoms with Gasteiger partial charge in [-0.3, -0.25) is 9.59 Å². The number of aliphatic hydroxyl groups is 1. The molecule has 2 rings (SSSR count). The van der Waals surface area contributed by atoms with Crippen LogP contribution in [-0.4, -0.2) is 36.2 Å². The van der Waals surface area contributed by atoms with Crippen LogP contribution in [-0.2, 0) is 9.53 Å². The molecule has 24 heavy (non-hydrogen) atoms. The van der Waals surface area contributed by atoms with Gasteiger partial charge in [0.05, 0.1) is 30.7 Å². The molecule has 0 saturated heterocycles. The number of methoxy groups -OCH3 is 2. The Morgan fingerprint density at radius 1 is 1.25 bits per heavy atom. The topological polar surface area (TPSA) is 123 Å². The second kappa shape index (κ2) is 6.45. The van der Waals surface area contributed by atoms with Crippen molar-refractivity contribution in [3.8, 4) is 11.5 Å². The van der Waals surface area contributed by atoms with Crippen LogP contribution < -0.4 is 10.2 Å². The number of ether oxygens (including phenoxy) is 2. The molecule has 126 valence electrons. The lowest BCUT2D eigenvalue weighted by atomic mass is 10.0. The van der Waals surface area contributed by atoms with Crippen LogP contribution >= 0.6 is 0 Å². The minimum atomic E-state index is -0.863. The van der Waals surface area contributed by atoms with Gasteiger partial charge in [-0.25, -0.2) is 4.79 Å². The van der Waals surface area contributed by atoms with Crippen LogP contribution in [0.3, 0.4) is 0 Å². The normalized spacial score (nSPS) is 11.4. The number of hydrogen-bond acceptors (Lipinski definition) is 8. The third kappa shape index (κ3) is 2.81. The highest BCUT2D eigenvalue weighted by atomic mass is 16.5. The fourth-order valence-corrected chi connectivity index (χ4v) is 2.14. The number of aromatic hydroxyl groups is 1. The van der Waals surface area contributed by atoms with E-state index < -0.39 is 28.7 Å². The number of ketones is 1. The molecule has 2 aromatic rings. The predicted molar refractivity (Wildman–Crippen MR) is 83.3 cm³/mol. The van der Waals surface area contributed by atoms with E-state index in [9.17, 15) is 24.6 Å². The Morgan fingerprint density at radius 2 is 1.92 bits per heavy atom. The molecule has 8 heteroatoms. The van der Waals surface area contributed by atoms with Gasteiger partial charge in [-0.2, -0.15) is 0 Å². The first-order chi connectivity index (χ1) is 11.3. The van der Waals surface area contributed by atoms with Crippen LogP contribution in [0.4, 0.5) is 0 Å². The van der Waals surface area contributed by atoms with Crippen LogP contribution in [0, 0.1) is 0 Å². The third-order valence-corrected chi connectivity index (χ3v) is 3.23. The van der Waals surface area contributed by atoms with E-state index in [1.807, 2.05) is 0 Å². The number of benzene rings is 1. The second-order valence-corrected chi connectivity index (χ2v) is 4.79. The maximum absolute atomic E-state index is 12.6. The van der Waals surface area contributed by atoms with Gasteiger partial charge in [-0.05, 0) is 13.0 Å². The van der Waals surface area contributed by atoms with E-state index in [2.05, 4.69) is 4.74 Å². The molecule has 0 atom stereocenters. The summed E-state index contributed by atoms with van der Waals surface area (Å²) in [5.74, 6) is -2.55. The average molecular weight is 334 g/mol. The fraction of sp³-hybridized carbons (Fsp3) is 0.188. The number of carbonyl (C=O) groups is 2. The number of aliphatic hydroxyl groups excluding tert-OH is 1. The van der Waals surface area contributed by atoms with Gasteiger partial charge in [-0.15, -0.1) is 0 Å². The predicted octanol–water partition coefficient (Wildman–Crippen LogP) is 1.78. The van der Waals surface area contributed by atoms with Crippen LogP contribution in [0.1, 0.15) is 22.8 Å². The zero-order chi connectivity index (χ0) is 18.0. The Labute approximate surface area is 135 Å². The van der Waals surface area contributed by atoms with Crippen molar-refractivity contribution in [3.05, 3.63) is 39.8 Å². The highest BCUT2D eigenvalue weighted by molar-refractivity contribution is 6.06. The lowest BCUT2D eigenvalue weighted by Crippen LogP contribution is -2.14. The number of hydrogen-bond donors (Lipinski definition) is 2. The summed E-state index contributed by atoms with van der Waals surface area (Å²) in [6.45, 7) is 1.19. The van der Waals surface area contributed by atoms with E-state index in [1.54, 1.807) is 0 Å². The van der Waals surface area contributed by atoms with Crippen LogP contribution in [0.5, 0.6) is 11.5 Å². The SMILES string of the molecule is COC(=O)c1cc(OC)c(O)c2occ(/C(O)=C/C(C)=O)c(=O)c12. The van der Waals surface area contributed by atoms with E-state index >= 15 is 0 Å². The molecule has 0 aliphatic rings. The number of rotatable bonds is 4. The van der Waals surface area contributed by atoms with Gasteiger partial charge in [0, 0.05) is 6.08 Å². The number of fused-ring (bicyclic) bond motifs is 1. The van der Waals surface area contributed by atoms with E-state index in [0.29, 0.717) is 0 Å². The van der Waals surface area contributed by atoms with Crippen molar-refractivity contribution >= 4 is 28.5 Å². The van der Waals surface area contributed by atoms with Crippen LogP contribution in [0.2, 0.25) is 0 Å². The first kappa shape index (κ1) is 17.1. The molecule has 0 unspecified atom stereocenters. The summed E-state index contributed by atoms with van der Waals surface area (Å²) in [6.07, 6.45) is 1.71. The molecular formula is C16H14O8. The Hall–Kier alpha value is -3.29. The molecule has 0 amide bonds. The molecule has 0 saturated carbocycles. The van der Waals surface area contributed by atoms with Gasteiger partial charge in [0.1, 0.15) is 12.0 Å². The van der Waals surface area contributed by atoms with Crippen molar-refractivity contribution in [3.63, 3.8) is 0 Å². The van der Waals surface area contributed by atoms with Crippen molar-refractivity contribution in [1.29, 1.82) is 0 Å². The third-order valence-electron chi connectivity index (χ3n) is 3.23. The maximum atomic E-state index is 12.6. The quantitative estimate of drug-likeness (QED) is 0.493.